The van der Waals surface area contributed by atoms with Crippen LogP contribution in [0.4, 0.5) is 11.4 Å². The molecular formula is C20H14N6O7. The molecule has 0 saturated carbocycles. The fourth-order valence-electron chi connectivity index (χ4n) is 2.46. The number of nitrogens with zero attached hydrogens (tertiary/aromatic N) is 4. The predicted molar refractivity (Wildman–Crippen MR) is 115 cm³/mol. The van der Waals surface area contributed by atoms with E-state index >= 15 is 0 Å². The molecule has 33 heavy (non-hydrogen) atoms. The lowest BCUT2D eigenvalue weighted by molar-refractivity contribution is -0.385. The highest BCUT2D eigenvalue weighted by Crippen LogP contribution is 2.13. The molecule has 0 aliphatic rings. The second-order valence-electron chi connectivity index (χ2n) is 6.27. The van der Waals surface area contributed by atoms with Gasteiger partial charge in [0.2, 0.25) is 0 Å². The zero-order chi connectivity index (χ0) is 23.8. The van der Waals surface area contributed by atoms with Gasteiger partial charge in [-0.05, 0) is 12.1 Å². The van der Waals surface area contributed by atoms with Crippen LogP contribution in [-0.4, -0.2) is 34.1 Å². The first-order valence-corrected chi connectivity index (χ1v) is 9.09. The van der Waals surface area contributed by atoms with Crippen molar-refractivity contribution in [3.63, 3.8) is 0 Å². The van der Waals surface area contributed by atoms with Crippen LogP contribution in [0, 0.1) is 20.2 Å². The number of nitro groups is 2. The standard InChI is InChI=1S/C20H14N6O7/c27-19(23-21-11-13-3-1-5-15(9-13)25(29)30)17-7-8-18(33-17)20(28)24-22-12-14-4-2-6-16(10-14)26(31)32/h1-12H,(H,23,27)(H,24,28). The number of hydrazone groups is 2. The van der Waals surface area contributed by atoms with E-state index in [4.69, 9.17) is 4.42 Å². The molecule has 3 rings (SSSR count). The lowest BCUT2D eigenvalue weighted by Gasteiger charge is -1.98. The molecule has 0 fully saturated rings. The van der Waals surface area contributed by atoms with Crippen molar-refractivity contribution in [2.75, 3.05) is 0 Å². The predicted octanol–water partition coefficient (Wildman–Crippen LogP) is 2.62. The maximum Gasteiger partial charge on any atom is 0.307 e. The van der Waals surface area contributed by atoms with Gasteiger partial charge in [0.1, 0.15) is 0 Å². The van der Waals surface area contributed by atoms with Crippen molar-refractivity contribution in [3.05, 3.63) is 104 Å². The van der Waals surface area contributed by atoms with E-state index in [-0.39, 0.29) is 22.9 Å². The van der Waals surface area contributed by atoms with E-state index in [2.05, 4.69) is 21.1 Å². The summed E-state index contributed by atoms with van der Waals surface area (Å²) in [4.78, 5) is 44.6. The molecule has 0 unspecified atom stereocenters. The smallest absolute Gasteiger partial charge is 0.307 e. The van der Waals surface area contributed by atoms with E-state index in [1.807, 2.05) is 0 Å². The summed E-state index contributed by atoms with van der Waals surface area (Å²) < 4.78 is 5.16. The highest BCUT2D eigenvalue weighted by atomic mass is 16.6. The summed E-state index contributed by atoms with van der Waals surface area (Å²) in [6.45, 7) is 0. The largest absolute Gasteiger partial charge is 0.446 e. The molecule has 166 valence electrons. The van der Waals surface area contributed by atoms with E-state index in [1.54, 1.807) is 12.1 Å². The number of nitro benzene ring substituents is 2. The monoisotopic (exact) mass is 450 g/mol. The molecule has 2 N–H and O–H groups in total. The zero-order valence-corrected chi connectivity index (χ0v) is 16.6. The number of benzene rings is 2. The first-order chi connectivity index (χ1) is 15.8. The van der Waals surface area contributed by atoms with E-state index < -0.39 is 21.7 Å². The van der Waals surface area contributed by atoms with Gasteiger partial charge in [0.25, 0.3) is 11.4 Å². The number of carbonyl (C=O) groups is 2. The molecule has 1 aromatic heterocycles. The van der Waals surface area contributed by atoms with Crippen molar-refractivity contribution in [1.82, 2.24) is 10.9 Å². The minimum atomic E-state index is -0.754. The molecule has 1 heterocycles. The van der Waals surface area contributed by atoms with E-state index in [0.29, 0.717) is 11.1 Å². The second-order valence-corrected chi connectivity index (χ2v) is 6.27. The number of nitrogens with one attached hydrogen (secondary N) is 2. The third-order valence-corrected chi connectivity index (χ3v) is 3.98. The number of carbonyl (C=O) groups excluding carboxylic acids is 2. The molecule has 2 aromatic carbocycles. The maximum absolute atomic E-state index is 12.1. The number of amides is 2. The maximum atomic E-state index is 12.1. The van der Waals surface area contributed by atoms with Crippen molar-refractivity contribution in [2.45, 2.75) is 0 Å². The highest BCUT2D eigenvalue weighted by Gasteiger charge is 2.15. The van der Waals surface area contributed by atoms with Crippen molar-refractivity contribution >= 4 is 35.6 Å². The molecule has 13 heteroatoms. The van der Waals surface area contributed by atoms with Crippen LogP contribution in [0.15, 0.2) is 75.3 Å². The van der Waals surface area contributed by atoms with Crippen LogP contribution in [0.2, 0.25) is 0 Å². The molecule has 3 aromatic rings. The van der Waals surface area contributed by atoms with Gasteiger partial charge in [-0.3, -0.25) is 29.8 Å². The van der Waals surface area contributed by atoms with Gasteiger partial charge >= 0.3 is 11.8 Å². The first kappa shape index (κ1) is 22.5. The molecule has 0 aliphatic heterocycles. The summed E-state index contributed by atoms with van der Waals surface area (Å²) in [5.74, 6) is -1.93. The average Bonchev–Trinajstić information content (AvgIpc) is 3.30. The SMILES string of the molecule is O=C(NN=Cc1cccc([N+](=O)[O-])c1)c1ccc(C(=O)NN=Cc2cccc([N+](=O)[O-])c2)o1. The molecule has 0 spiro atoms. The Morgan fingerprint density at radius 3 is 1.58 bits per heavy atom. The Hall–Kier alpha value is -5.20. The van der Waals surface area contributed by atoms with Crippen molar-refractivity contribution < 1.29 is 23.9 Å². The van der Waals surface area contributed by atoms with Gasteiger partial charge in [-0.2, -0.15) is 10.2 Å². The molecule has 0 atom stereocenters. The van der Waals surface area contributed by atoms with Crippen LogP contribution in [0.1, 0.15) is 32.2 Å². The number of rotatable bonds is 8. The molecular weight excluding hydrogens is 436 g/mol. The minimum absolute atomic E-state index is 0.125. The summed E-state index contributed by atoms with van der Waals surface area (Å²) in [5.41, 5.74) is 4.89. The molecule has 0 bridgehead atoms. The van der Waals surface area contributed by atoms with Crippen LogP contribution in [0.25, 0.3) is 0 Å². The summed E-state index contributed by atoms with van der Waals surface area (Å²) in [6, 6.07) is 13.8. The summed E-state index contributed by atoms with van der Waals surface area (Å²) in [7, 11) is 0. The van der Waals surface area contributed by atoms with Crippen LogP contribution < -0.4 is 10.9 Å². The Morgan fingerprint density at radius 2 is 1.18 bits per heavy atom. The zero-order valence-electron chi connectivity index (χ0n) is 16.6. The Balaban J connectivity index is 1.56. The Labute approximate surface area is 184 Å². The van der Waals surface area contributed by atoms with Crippen molar-refractivity contribution in [3.8, 4) is 0 Å². The molecule has 2 amide bonds. The van der Waals surface area contributed by atoms with Gasteiger partial charge in [-0.15, -0.1) is 0 Å². The number of non-ortho nitro benzene ring substituents is 2. The van der Waals surface area contributed by atoms with Gasteiger partial charge in [0.05, 0.1) is 22.3 Å². The fourth-order valence-corrected chi connectivity index (χ4v) is 2.46. The van der Waals surface area contributed by atoms with Crippen molar-refractivity contribution in [2.24, 2.45) is 10.2 Å². The summed E-state index contributed by atoms with van der Waals surface area (Å²) in [5, 5.41) is 28.9. The van der Waals surface area contributed by atoms with Crippen LogP contribution in [0.5, 0.6) is 0 Å². The first-order valence-electron chi connectivity index (χ1n) is 9.09. The van der Waals surface area contributed by atoms with E-state index in [0.717, 1.165) is 0 Å². The third kappa shape index (κ3) is 6.14. The topological polar surface area (TPSA) is 182 Å². The van der Waals surface area contributed by atoms with Gasteiger partial charge in [0.15, 0.2) is 11.5 Å². The molecule has 0 saturated heterocycles. The fraction of sp³-hybridized carbons (Fsp3) is 0. The number of hydrogen-bond donors (Lipinski definition) is 2. The van der Waals surface area contributed by atoms with E-state index in [9.17, 15) is 29.8 Å². The van der Waals surface area contributed by atoms with Crippen LogP contribution >= 0.6 is 0 Å². The van der Waals surface area contributed by atoms with Gasteiger partial charge < -0.3 is 4.42 Å². The summed E-state index contributed by atoms with van der Waals surface area (Å²) >= 11 is 0. The summed E-state index contributed by atoms with van der Waals surface area (Å²) in [6.07, 6.45) is 2.42. The Kier molecular flexibility index (Phi) is 6.96. The molecule has 13 nitrogen and oxygen atoms in total. The van der Waals surface area contributed by atoms with E-state index in [1.165, 1.54) is 61.0 Å². The Bertz CT molecular complexity index is 1190. The average molecular weight is 450 g/mol. The van der Waals surface area contributed by atoms with Gasteiger partial charge in [-0.25, -0.2) is 10.9 Å². The quantitative estimate of drug-likeness (QED) is 0.300. The van der Waals surface area contributed by atoms with Crippen LogP contribution in [0.3, 0.4) is 0 Å². The van der Waals surface area contributed by atoms with Gasteiger partial charge in [-0.1, -0.05) is 24.3 Å². The van der Waals surface area contributed by atoms with Gasteiger partial charge in [0, 0.05) is 35.4 Å². The third-order valence-electron chi connectivity index (χ3n) is 3.98. The lowest BCUT2D eigenvalue weighted by Crippen LogP contribution is -2.18. The molecule has 0 radical (unpaired) electrons. The Morgan fingerprint density at radius 1 is 0.758 bits per heavy atom. The highest BCUT2D eigenvalue weighted by molar-refractivity contribution is 5.96. The van der Waals surface area contributed by atoms with Crippen molar-refractivity contribution in [1.29, 1.82) is 0 Å². The normalized spacial score (nSPS) is 10.9. The number of hydrogen-bond acceptors (Lipinski definition) is 9. The molecule has 0 aliphatic carbocycles. The van der Waals surface area contributed by atoms with Crippen LogP contribution in [-0.2, 0) is 0 Å². The number of furan rings is 1. The lowest BCUT2D eigenvalue weighted by atomic mass is 10.2. The second kappa shape index (κ2) is 10.2. The minimum Gasteiger partial charge on any atom is -0.446 e.